The van der Waals surface area contributed by atoms with Crippen molar-refractivity contribution in [3.8, 4) is 0 Å². The lowest BCUT2D eigenvalue weighted by atomic mass is 9.86. The maximum atomic E-state index is 6.77. The molecule has 22 heavy (non-hydrogen) atoms. The van der Waals surface area contributed by atoms with Gasteiger partial charge in [-0.1, -0.05) is 60.7 Å². The standard InChI is InChI=1S/C20H24N2/c1-2-13-20(21,19-10-4-3-5-11-19)16-22-14-12-17-8-6-7-9-18(17)15-22/h2-11H,1,12-16,21H2. The summed E-state index contributed by atoms with van der Waals surface area (Å²) in [4.78, 5) is 2.47. The molecule has 0 aromatic heterocycles. The highest BCUT2D eigenvalue weighted by molar-refractivity contribution is 5.30. The van der Waals surface area contributed by atoms with Gasteiger partial charge in [-0.05, 0) is 29.5 Å². The Hall–Kier alpha value is -1.90. The van der Waals surface area contributed by atoms with Crippen molar-refractivity contribution < 1.29 is 0 Å². The van der Waals surface area contributed by atoms with Gasteiger partial charge < -0.3 is 5.73 Å². The third-order valence-corrected chi connectivity index (χ3v) is 4.57. The lowest BCUT2D eigenvalue weighted by Crippen LogP contribution is -2.48. The second-order valence-corrected chi connectivity index (χ2v) is 6.24. The van der Waals surface area contributed by atoms with Crippen molar-refractivity contribution >= 4 is 0 Å². The van der Waals surface area contributed by atoms with Gasteiger partial charge >= 0.3 is 0 Å². The van der Waals surface area contributed by atoms with E-state index in [0.717, 1.165) is 32.5 Å². The third kappa shape index (κ3) is 3.13. The lowest BCUT2D eigenvalue weighted by Gasteiger charge is -2.37. The fraction of sp³-hybridized carbons (Fsp3) is 0.300. The molecule has 1 unspecified atom stereocenters. The first-order valence-electron chi connectivity index (χ1n) is 7.96. The molecule has 1 aliphatic heterocycles. The number of hydrogen-bond acceptors (Lipinski definition) is 2. The van der Waals surface area contributed by atoms with Crippen LogP contribution in [0.1, 0.15) is 23.1 Å². The van der Waals surface area contributed by atoms with Crippen LogP contribution in [0.25, 0.3) is 0 Å². The van der Waals surface area contributed by atoms with E-state index in [2.05, 4.69) is 60.0 Å². The zero-order chi connectivity index (χ0) is 15.4. The van der Waals surface area contributed by atoms with E-state index in [1.807, 2.05) is 12.1 Å². The van der Waals surface area contributed by atoms with Crippen LogP contribution in [0, 0.1) is 0 Å². The molecule has 2 aromatic rings. The summed E-state index contributed by atoms with van der Waals surface area (Å²) in [5.41, 5.74) is 10.5. The van der Waals surface area contributed by atoms with E-state index >= 15 is 0 Å². The van der Waals surface area contributed by atoms with E-state index < -0.39 is 0 Å². The van der Waals surface area contributed by atoms with E-state index in [-0.39, 0.29) is 5.54 Å². The van der Waals surface area contributed by atoms with Gasteiger partial charge in [-0.3, -0.25) is 4.90 Å². The zero-order valence-corrected chi connectivity index (χ0v) is 13.0. The van der Waals surface area contributed by atoms with Gasteiger partial charge in [-0.2, -0.15) is 0 Å². The molecule has 0 radical (unpaired) electrons. The Morgan fingerprint density at radius 2 is 1.73 bits per heavy atom. The Labute approximate surface area is 133 Å². The molecule has 2 heteroatoms. The molecule has 3 rings (SSSR count). The van der Waals surface area contributed by atoms with Crippen LogP contribution < -0.4 is 5.73 Å². The predicted molar refractivity (Wildman–Crippen MR) is 92.5 cm³/mol. The van der Waals surface area contributed by atoms with Gasteiger partial charge in [0.2, 0.25) is 0 Å². The quantitative estimate of drug-likeness (QED) is 0.855. The molecule has 114 valence electrons. The van der Waals surface area contributed by atoms with Crippen LogP contribution in [0.4, 0.5) is 0 Å². The summed E-state index contributed by atoms with van der Waals surface area (Å²) in [5, 5.41) is 0. The Morgan fingerprint density at radius 3 is 2.45 bits per heavy atom. The Bertz CT molecular complexity index is 635. The van der Waals surface area contributed by atoms with Gasteiger partial charge in [-0.15, -0.1) is 6.58 Å². The van der Waals surface area contributed by atoms with E-state index in [1.54, 1.807) is 0 Å². The van der Waals surface area contributed by atoms with Crippen LogP contribution in [-0.4, -0.2) is 18.0 Å². The molecule has 2 aromatic carbocycles. The summed E-state index contributed by atoms with van der Waals surface area (Å²) in [6.07, 6.45) is 3.83. The first-order chi connectivity index (χ1) is 10.7. The highest BCUT2D eigenvalue weighted by Gasteiger charge is 2.29. The summed E-state index contributed by atoms with van der Waals surface area (Å²) in [7, 11) is 0. The molecule has 1 aliphatic rings. The molecular weight excluding hydrogens is 268 g/mol. The topological polar surface area (TPSA) is 29.3 Å². The normalized spacial score (nSPS) is 17.5. The third-order valence-electron chi connectivity index (χ3n) is 4.57. The number of hydrogen-bond donors (Lipinski definition) is 1. The van der Waals surface area contributed by atoms with Gasteiger partial charge in [0, 0.05) is 19.6 Å². The van der Waals surface area contributed by atoms with Crippen LogP contribution in [0.5, 0.6) is 0 Å². The maximum Gasteiger partial charge on any atom is 0.0573 e. The Morgan fingerprint density at radius 1 is 1.05 bits per heavy atom. The average Bonchev–Trinajstić information content (AvgIpc) is 2.56. The van der Waals surface area contributed by atoms with Gasteiger partial charge in [-0.25, -0.2) is 0 Å². The van der Waals surface area contributed by atoms with Gasteiger partial charge in [0.25, 0.3) is 0 Å². The zero-order valence-electron chi connectivity index (χ0n) is 13.0. The number of benzene rings is 2. The van der Waals surface area contributed by atoms with Crippen LogP contribution in [0.2, 0.25) is 0 Å². The Balaban J connectivity index is 1.79. The van der Waals surface area contributed by atoms with E-state index in [4.69, 9.17) is 5.73 Å². The van der Waals surface area contributed by atoms with Gasteiger partial charge in [0.15, 0.2) is 0 Å². The summed E-state index contributed by atoms with van der Waals surface area (Å²) in [6, 6.07) is 19.1. The average molecular weight is 292 g/mol. The molecule has 1 atom stereocenters. The molecule has 2 N–H and O–H groups in total. The molecule has 0 saturated carbocycles. The monoisotopic (exact) mass is 292 g/mol. The summed E-state index contributed by atoms with van der Waals surface area (Å²) < 4.78 is 0. The molecular formula is C20H24N2. The van der Waals surface area contributed by atoms with Crippen molar-refractivity contribution in [2.45, 2.75) is 24.9 Å². The van der Waals surface area contributed by atoms with Crippen LogP contribution >= 0.6 is 0 Å². The molecule has 0 bridgehead atoms. The number of rotatable bonds is 5. The molecule has 1 heterocycles. The fourth-order valence-electron chi connectivity index (χ4n) is 3.39. The highest BCUT2D eigenvalue weighted by Crippen LogP contribution is 2.27. The second-order valence-electron chi connectivity index (χ2n) is 6.24. The van der Waals surface area contributed by atoms with Crippen LogP contribution in [0.3, 0.4) is 0 Å². The molecule has 0 fully saturated rings. The van der Waals surface area contributed by atoms with E-state index in [9.17, 15) is 0 Å². The summed E-state index contributed by atoms with van der Waals surface area (Å²) >= 11 is 0. The minimum atomic E-state index is -0.366. The minimum absolute atomic E-state index is 0.366. The molecule has 0 saturated heterocycles. The van der Waals surface area contributed by atoms with E-state index in [1.165, 1.54) is 16.7 Å². The summed E-state index contributed by atoms with van der Waals surface area (Å²) in [5.74, 6) is 0. The number of nitrogens with zero attached hydrogens (tertiary/aromatic N) is 1. The van der Waals surface area contributed by atoms with Crippen molar-refractivity contribution in [1.29, 1.82) is 0 Å². The lowest BCUT2D eigenvalue weighted by molar-refractivity contribution is 0.192. The first kappa shape index (κ1) is 15.0. The molecule has 0 aliphatic carbocycles. The van der Waals surface area contributed by atoms with Gasteiger partial charge in [0.05, 0.1) is 5.54 Å². The van der Waals surface area contributed by atoms with E-state index in [0.29, 0.717) is 0 Å². The Kier molecular flexibility index (Phi) is 4.41. The van der Waals surface area contributed by atoms with Crippen molar-refractivity contribution in [2.75, 3.05) is 13.1 Å². The SMILES string of the molecule is C=CCC(N)(CN1CCc2ccccc2C1)c1ccccc1. The van der Waals surface area contributed by atoms with Gasteiger partial charge in [0.1, 0.15) is 0 Å². The largest absolute Gasteiger partial charge is 0.320 e. The maximum absolute atomic E-state index is 6.77. The fourth-order valence-corrected chi connectivity index (χ4v) is 3.39. The van der Waals surface area contributed by atoms with Crippen molar-refractivity contribution in [3.05, 3.63) is 83.9 Å². The van der Waals surface area contributed by atoms with Crippen molar-refractivity contribution in [1.82, 2.24) is 4.90 Å². The summed E-state index contributed by atoms with van der Waals surface area (Å²) in [6.45, 7) is 6.81. The predicted octanol–water partition coefficient (Wildman–Crippen LogP) is 3.48. The number of nitrogens with two attached hydrogens (primary N) is 1. The smallest absolute Gasteiger partial charge is 0.0573 e. The highest BCUT2D eigenvalue weighted by atomic mass is 15.1. The molecule has 0 amide bonds. The van der Waals surface area contributed by atoms with Crippen molar-refractivity contribution in [2.24, 2.45) is 5.73 Å². The minimum Gasteiger partial charge on any atom is -0.320 e. The second kappa shape index (κ2) is 6.47. The molecule has 2 nitrogen and oxygen atoms in total. The number of fused-ring (bicyclic) bond motifs is 1. The van der Waals surface area contributed by atoms with Crippen LogP contribution in [0.15, 0.2) is 67.3 Å². The molecule has 0 spiro atoms. The van der Waals surface area contributed by atoms with Crippen molar-refractivity contribution in [3.63, 3.8) is 0 Å². The first-order valence-corrected chi connectivity index (χ1v) is 7.96. The van der Waals surface area contributed by atoms with Crippen LogP contribution in [-0.2, 0) is 18.5 Å².